The summed E-state index contributed by atoms with van der Waals surface area (Å²) in [5.74, 6) is 0.896. The molecule has 2 aliphatic rings. The Morgan fingerprint density at radius 2 is 1.88 bits per heavy atom. The molecule has 3 heteroatoms. The number of rotatable bonds is 3. The Balaban J connectivity index is 2.00. The monoisotopic (exact) mass is 241 g/mol. The van der Waals surface area contributed by atoms with Gasteiger partial charge in [-0.1, -0.05) is 13.8 Å². The van der Waals surface area contributed by atoms with Gasteiger partial charge in [-0.15, -0.1) is 0 Å². The third-order valence-corrected chi connectivity index (χ3v) is 4.95. The average molecular weight is 241 g/mol. The average Bonchev–Trinajstić information content (AvgIpc) is 2.49. The number of carbonyl (C=O) groups is 1. The first-order valence-corrected chi connectivity index (χ1v) is 7.74. The maximum Gasteiger partial charge on any atom is 0.223 e. The molecule has 0 radical (unpaired) electrons. The predicted molar refractivity (Wildman–Crippen MR) is 69.6 cm³/mol. The Morgan fingerprint density at radius 1 is 1.31 bits per heavy atom. The number of hydrogen-bond donors (Lipinski definition) is 0. The van der Waals surface area contributed by atoms with Gasteiger partial charge in [-0.05, 0) is 37.9 Å². The van der Waals surface area contributed by atoms with Gasteiger partial charge in [-0.2, -0.15) is 11.8 Å². The first kappa shape index (κ1) is 12.3. The fourth-order valence-electron chi connectivity index (χ4n) is 3.18. The Kier molecular flexibility index (Phi) is 3.83. The predicted octanol–water partition coefficient (Wildman–Crippen LogP) is 2.92. The van der Waals surface area contributed by atoms with E-state index in [1.165, 1.54) is 25.7 Å². The number of carbonyl (C=O) groups excluding carboxylic acids is 1. The van der Waals surface area contributed by atoms with Gasteiger partial charge in [0, 0.05) is 23.8 Å². The summed E-state index contributed by atoms with van der Waals surface area (Å²) in [7, 11) is 0. The molecule has 2 fully saturated rings. The molecular formula is C13H23NOS. The molecule has 0 N–H and O–H groups in total. The highest BCUT2D eigenvalue weighted by Gasteiger charge is 2.42. The van der Waals surface area contributed by atoms with E-state index in [1.807, 2.05) is 11.8 Å². The molecule has 0 saturated carbocycles. The van der Waals surface area contributed by atoms with Crippen molar-refractivity contribution in [1.29, 1.82) is 0 Å². The largest absolute Gasteiger partial charge is 0.337 e. The van der Waals surface area contributed by atoms with E-state index < -0.39 is 0 Å². The van der Waals surface area contributed by atoms with Crippen molar-refractivity contribution in [2.45, 2.75) is 63.3 Å². The standard InChI is InChI=1S/C13H23NOS/c1-9(2)6-13(15)14-10-4-5-11(14)8-12(7-10)16-3/h9-12H,4-8H2,1-3H3. The Morgan fingerprint density at radius 3 is 2.31 bits per heavy atom. The lowest BCUT2D eigenvalue weighted by Crippen LogP contribution is -2.47. The minimum absolute atomic E-state index is 0.405. The van der Waals surface area contributed by atoms with Gasteiger partial charge in [-0.25, -0.2) is 0 Å². The summed E-state index contributed by atoms with van der Waals surface area (Å²) in [5.41, 5.74) is 0. The second-order valence-electron chi connectivity index (χ2n) is 5.61. The van der Waals surface area contributed by atoms with Gasteiger partial charge in [-0.3, -0.25) is 4.79 Å². The molecule has 2 aliphatic heterocycles. The highest BCUT2D eigenvalue weighted by Crippen LogP contribution is 2.40. The van der Waals surface area contributed by atoms with Gasteiger partial charge in [0.15, 0.2) is 0 Å². The third kappa shape index (κ3) is 2.39. The lowest BCUT2D eigenvalue weighted by atomic mass is 10.0. The first-order chi connectivity index (χ1) is 7.61. The molecule has 0 aromatic heterocycles. The zero-order chi connectivity index (χ0) is 11.7. The molecule has 2 unspecified atom stereocenters. The summed E-state index contributed by atoms with van der Waals surface area (Å²) in [6.45, 7) is 4.27. The van der Waals surface area contributed by atoms with Crippen LogP contribution in [0.5, 0.6) is 0 Å². The smallest absolute Gasteiger partial charge is 0.223 e. The van der Waals surface area contributed by atoms with Gasteiger partial charge < -0.3 is 4.90 Å². The fourth-order valence-corrected chi connectivity index (χ4v) is 4.01. The zero-order valence-electron chi connectivity index (χ0n) is 10.6. The number of piperidine rings is 1. The Bertz CT molecular complexity index is 253. The molecule has 2 saturated heterocycles. The van der Waals surface area contributed by atoms with E-state index in [2.05, 4.69) is 25.0 Å². The first-order valence-electron chi connectivity index (χ1n) is 6.45. The van der Waals surface area contributed by atoms with Gasteiger partial charge in [0.1, 0.15) is 0 Å². The number of nitrogens with zero attached hydrogens (tertiary/aromatic N) is 1. The number of hydrogen-bond acceptors (Lipinski definition) is 2. The molecule has 2 heterocycles. The number of amides is 1. The van der Waals surface area contributed by atoms with Crippen LogP contribution in [-0.4, -0.2) is 34.4 Å². The SMILES string of the molecule is CSC1CC2CCC(C1)N2C(=O)CC(C)C. The van der Waals surface area contributed by atoms with Crippen LogP contribution in [0.4, 0.5) is 0 Å². The van der Waals surface area contributed by atoms with Gasteiger partial charge in [0.25, 0.3) is 0 Å². The summed E-state index contributed by atoms with van der Waals surface area (Å²) in [6.07, 6.45) is 7.87. The van der Waals surface area contributed by atoms with Crippen molar-refractivity contribution in [2.24, 2.45) is 5.92 Å². The highest BCUT2D eigenvalue weighted by atomic mass is 32.2. The summed E-state index contributed by atoms with van der Waals surface area (Å²) in [5, 5.41) is 0.792. The van der Waals surface area contributed by atoms with E-state index in [4.69, 9.17) is 0 Å². The van der Waals surface area contributed by atoms with Crippen molar-refractivity contribution in [3.8, 4) is 0 Å². The number of fused-ring (bicyclic) bond motifs is 2. The van der Waals surface area contributed by atoms with Crippen molar-refractivity contribution in [3.05, 3.63) is 0 Å². The van der Waals surface area contributed by atoms with Crippen molar-refractivity contribution in [2.75, 3.05) is 6.26 Å². The van der Waals surface area contributed by atoms with Crippen molar-refractivity contribution in [1.82, 2.24) is 4.90 Å². The normalized spacial score (nSPS) is 33.5. The molecule has 2 nitrogen and oxygen atoms in total. The van der Waals surface area contributed by atoms with E-state index in [9.17, 15) is 4.79 Å². The quantitative estimate of drug-likeness (QED) is 0.757. The van der Waals surface area contributed by atoms with Crippen LogP contribution in [-0.2, 0) is 4.79 Å². The maximum absolute atomic E-state index is 12.2. The van der Waals surface area contributed by atoms with Crippen LogP contribution >= 0.6 is 11.8 Å². The van der Waals surface area contributed by atoms with Crippen molar-refractivity contribution < 1.29 is 4.79 Å². The molecule has 0 aromatic carbocycles. The van der Waals surface area contributed by atoms with Crippen LogP contribution in [0.15, 0.2) is 0 Å². The molecule has 16 heavy (non-hydrogen) atoms. The van der Waals surface area contributed by atoms with Crippen LogP contribution in [0, 0.1) is 5.92 Å². The second-order valence-corrected chi connectivity index (χ2v) is 6.75. The Hall–Kier alpha value is -0.180. The highest BCUT2D eigenvalue weighted by molar-refractivity contribution is 7.99. The molecular weight excluding hydrogens is 218 g/mol. The molecule has 1 amide bonds. The summed E-state index contributed by atoms with van der Waals surface area (Å²) < 4.78 is 0. The minimum atomic E-state index is 0.405. The molecule has 2 rings (SSSR count). The summed E-state index contributed by atoms with van der Waals surface area (Å²) in [6, 6.07) is 1.12. The van der Waals surface area contributed by atoms with Crippen LogP contribution in [0.1, 0.15) is 46.0 Å². The number of thioether (sulfide) groups is 1. The molecule has 0 aliphatic carbocycles. The van der Waals surface area contributed by atoms with Crippen LogP contribution in [0.25, 0.3) is 0 Å². The van der Waals surface area contributed by atoms with Crippen LogP contribution < -0.4 is 0 Å². The van der Waals surface area contributed by atoms with E-state index in [0.717, 1.165) is 11.7 Å². The van der Waals surface area contributed by atoms with Gasteiger partial charge in [0.05, 0.1) is 0 Å². The van der Waals surface area contributed by atoms with Gasteiger partial charge >= 0.3 is 0 Å². The summed E-state index contributed by atoms with van der Waals surface area (Å²) >= 11 is 1.98. The van der Waals surface area contributed by atoms with Gasteiger partial charge in [0.2, 0.25) is 5.91 Å². The molecule has 92 valence electrons. The van der Waals surface area contributed by atoms with Crippen LogP contribution in [0.3, 0.4) is 0 Å². The summed E-state index contributed by atoms with van der Waals surface area (Å²) in [4.78, 5) is 14.4. The minimum Gasteiger partial charge on any atom is -0.337 e. The third-order valence-electron chi connectivity index (χ3n) is 3.89. The van der Waals surface area contributed by atoms with E-state index in [-0.39, 0.29) is 0 Å². The van der Waals surface area contributed by atoms with Crippen molar-refractivity contribution in [3.63, 3.8) is 0 Å². The van der Waals surface area contributed by atoms with E-state index in [0.29, 0.717) is 23.9 Å². The molecule has 0 spiro atoms. The van der Waals surface area contributed by atoms with E-state index >= 15 is 0 Å². The lowest BCUT2D eigenvalue weighted by Gasteiger charge is -2.38. The van der Waals surface area contributed by atoms with E-state index in [1.54, 1.807) is 0 Å². The van der Waals surface area contributed by atoms with Crippen molar-refractivity contribution >= 4 is 17.7 Å². The second kappa shape index (κ2) is 4.99. The fraction of sp³-hybridized carbons (Fsp3) is 0.923. The molecule has 0 aromatic rings. The molecule has 2 bridgehead atoms. The molecule has 2 atom stereocenters. The topological polar surface area (TPSA) is 20.3 Å². The maximum atomic E-state index is 12.2. The lowest BCUT2D eigenvalue weighted by molar-refractivity contribution is -0.136. The zero-order valence-corrected chi connectivity index (χ0v) is 11.4. The van der Waals surface area contributed by atoms with Crippen LogP contribution in [0.2, 0.25) is 0 Å². The Labute approximate surface area is 103 Å².